The summed E-state index contributed by atoms with van der Waals surface area (Å²) in [6.07, 6.45) is 0. The number of benzene rings is 4. The maximum Gasteiger partial charge on any atom is 0.277 e. The standard InChI is InChI=1S/C25H20N2O2/c28-27(29)25-18-10-8-16-23(25)22-15-7-9-17-24(22)26(21-13-5-2-6-14-21)19-20-11-3-1-4-12-20/h1-18H,19H2. The Morgan fingerprint density at radius 1 is 0.655 bits per heavy atom. The van der Waals surface area contributed by atoms with Crippen molar-refractivity contribution in [2.24, 2.45) is 0 Å². The number of para-hydroxylation sites is 3. The van der Waals surface area contributed by atoms with Crippen LogP contribution < -0.4 is 4.90 Å². The van der Waals surface area contributed by atoms with E-state index in [2.05, 4.69) is 29.2 Å². The van der Waals surface area contributed by atoms with Crippen molar-refractivity contribution in [3.05, 3.63) is 125 Å². The van der Waals surface area contributed by atoms with E-state index in [1.54, 1.807) is 12.1 Å². The predicted octanol–water partition coefficient (Wildman–Crippen LogP) is 6.60. The van der Waals surface area contributed by atoms with Crippen molar-refractivity contribution in [1.29, 1.82) is 0 Å². The molecule has 0 aliphatic heterocycles. The van der Waals surface area contributed by atoms with E-state index in [0.29, 0.717) is 12.1 Å². The second kappa shape index (κ2) is 8.40. The van der Waals surface area contributed by atoms with Crippen molar-refractivity contribution in [3.63, 3.8) is 0 Å². The molecule has 0 fully saturated rings. The van der Waals surface area contributed by atoms with Crippen LogP contribution in [0.5, 0.6) is 0 Å². The molecule has 4 nitrogen and oxygen atoms in total. The van der Waals surface area contributed by atoms with Crippen LogP contribution in [0.25, 0.3) is 11.1 Å². The molecule has 29 heavy (non-hydrogen) atoms. The summed E-state index contributed by atoms with van der Waals surface area (Å²) in [7, 11) is 0. The summed E-state index contributed by atoms with van der Waals surface area (Å²) in [4.78, 5) is 13.5. The van der Waals surface area contributed by atoms with Crippen molar-refractivity contribution in [1.82, 2.24) is 0 Å². The molecule has 0 saturated heterocycles. The van der Waals surface area contributed by atoms with E-state index < -0.39 is 0 Å². The molecule has 0 N–H and O–H groups in total. The highest BCUT2D eigenvalue weighted by atomic mass is 16.6. The van der Waals surface area contributed by atoms with Crippen molar-refractivity contribution in [2.75, 3.05) is 4.90 Å². The number of hydrogen-bond donors (Lipinski definition) is 0. The summed E-state index contributed by atoms with van der Waals surface area (Å²) < 4.78 is 0. The van der Waals surface area contributed by atoms with Gasteiger partial charge in [-0.25, -0.2) is 0 Å². The van der Waals surface area contributed by atoms with Crippen LogP contribution in [0.15, 0.2) is 109 Å². The number of nitro benzene ring substituents is 1. The lowest BCUT2D eigenvalue weighted by Gasteiger charge is -2.27. The van der Waals surface area contributed by atoms with Crippen LogP contribution in [0.3, 0.4) is 0 Å². The van der Waals surface area contributed by atoms with Crippen LogP contribution in [0.1, 0.15) is 5.56 Å². The quantitative estimate of drug-likeness (QED) is 0.280. The first-order valence-electron chi connectivity index (χ1n) is 9.43. The fourth-order valence-electron chi connectivity index (χ4n) is 3.49. The minimum atomic E-state index is -0.323. The van der Waals surface area contributed by atoms with Gasteiger partial charge in [0.05, 0.1) is 10.5 Å². The van der Waals surface area contributed by atoms with Gasteiger partial charge in [-0.3, -0.25) is 10.1 Å². The Hall–Kier alpha value is -3.92. The first kappa shape index (κ1) is 18.4. The van der Waals surface area contributed by atoms with Gasteiger partial charge in [-0.15, -0.1) is 0 Å². The topological polar surface area (TPSA) is 46.4 Å². The molecule has 4 rings (SSSR count). The van der Waals surface area contributed by atoms with Crippen molar-refractivity contribution in [3.8, 4) is 11.1 Å². The minimum Gasteiger partial charge on any atom is -0.336 e. The molecule has 0 unspecified atom stereocenters. The van der Waals surface area contributed by atoms with Crippen LogP contribution >= 0.6 is 0 Å². The zero-order chi connectivity index (χ0) is 20.1. The second-order valence-electron chi connectivity index (χ2n) is 6.70. The van der Waals surface area contributed by atoms with E-state index in [1.165, 1.54) is 0 Å². The molecule has 142 valence electrons. The monoisotopic (exact) mass is 380 g/mol. The third kappa shape index (κ3) is 4.01. The SMILES string of the molecule is O=[N+]([O-])c1ccccc1-c1ccccc1N(Cc1ccccc1)c1ccccc1. The van der Waals surface area contributed by atoms with Crippen molar-refractivity contribution >= 4 is 17.1 Å². The van der Waals surface area contributed by atoms with Gasteiger partial charge in [-0.05, 0) is 29.8 Å². The van der Waals surface area contributed by atoms with Gasteiger partial charge in [0.1, 0.15) is 0 Å². The first-order chi connectivity index (χ1) is 14.2. The van der Waals surface area contributed by atoms with E-state index in [4.69, 9.17) is 0 Å². The number of nitrogens with zero attached hydrogens (tertiary/aromatic N) is 2. The average Bonchev–Trinajstić information content (AvgIpc) is 2.79. The lowest BCUT2D eigenvalue weighted by molar-refractivity contribution is -0.384. The number of nitro groups is 1. The van der Waals surface area contributed by atoms with Gasteiger partial charge in [0.2, 0.25) is 0 Å². The van der Waals surface area contributed by atoms with E-state index in [1.807, 2.05) is 72.8 Å². The zero-order valence-corrected chi connectivity index (χ0v) is 15.8. The molecule has 0 radical (unpaired) electrons. The predicted molar refractivity (Wildman–Crippen MR) is 117 cm³/mol. The highest BCUT2D eigenvalue weighted by Gasteiger charge is 2.20. The van der Waals surface area contributed by atoms with Crippen LogP contribution in [0, 0.1) is 10.1 Å². The Bertz CT molecular complexity index is 1110. The molecule has 4 aromatic rings. The van der Waals surface area contributed by atoms with Crippen LogP contribution in [0.2, 0.25) is 0 Å². The number of rotatable bonds is 6. The van der Waals surface area contributed by atoms with Crippen molar-refractivity contribution < 1.29 is 4.92 Å². The molecule has 4 heteroatoms. The van der Waals surface area contributed by atoms with Gasteiger partial charge in [0.25, 0.3) is 5.69 Å². The molecule has 0 spiro atoms. The second-order valence-corrected chi connectivity index (χ2v) is 6.70. The third-order valence-corrected chi connectivity index (χ3v) is 4.84. The normalized spacial score (nSPS) is 10.5. The molecule has 0 amide bonds. The number of hydrogen-bond acceptors (Lipinski definition) is 3. The van der Waals surface area contributed by atoms with E-state index in [9.17, 15) is 10.1 Å². The number of anilines is 2. The van der Waals surface area contributed by atoms with Crippen LogP contribution in [-0.2, 0) is 6.54 Å². The van der Waals surface area contributed by atoms with E-state index in [0.717, 1.165) is 22.5 Å². The van der Waals surface area contributed by atoms with Gasteiger partial charge in [0.15, 0.2) is 0 Å². The molecular formula is C25H20N2O2. The summed E-state index contributed by atoms with van der Waals surface area (Å²) >= 11 is 0. The Labute approximate surface area is 169 Å². The Morgan fingerprint density at radius 2 is 1.21 bits per heavy atom. The van der Waals surface area contributed by atoms with E-state index in [-0.39, 0.29) is 10.6 Å². The van der Waals surface area contributed by atoms with Gasteiger partial charge >= 0.3 is 0 Å². The molecule has 0 aliphatic rings. The summed E-state index contributed by atoms with van der Waals surface area (Å²) in [6.45, 7) is 0.655. The van der Waals surface area contributed by atoms with Gasteiger partial charge in [-0.1, -0.05) is 78.9 Å². The maximum atomic E-state index is 11.6. The zero-order valence-electron chi connectivity index (χ0n) is 15.8. The molecule has 0 heterocycles. The molecule has 0 bridgehead atoms. The summed E-state index contributed by atoms with van der Waals surface area (Å²) in [5.74, 6) is 0. The Balaban J connectivity index is 1.88. The van der Waals surface area contributed by atoms with Gasteiger partial charge < -0.3 is 4.90 Å². The highest BCUT2D eigenvalue weighted by Crippen LogP contribution is 2.39. The van der Waals surface area contributed by atoms with Crippen molar-refractivity contribution in [2.45, 2.75) is 6.54 Å². The lowest BCUT2D eigenvalue weighted by Crippen LogP contribution is -2.17. The summed E-state index contributed by atoms with van der Waals surface area (Å²) in [5, 5.41) is 11.6. The van der Waals surface area contributed by atoms with Crippen LogP contribution in [0.4, 0.5) is 17.1 Å². The fourth-order valence-corrected chi connectivity index (χ4v) is 3.49. The minimum absolute atomic E-state index is 0.104. The molecular weight excluding hydrogens is 360 g/mol. The molecule has 0 atom stereocenters. The lowest BCUT2D eigenvalue weighted by atomic mass is 10.00. The molecule has 0 aromatic heterocycles. The Kier molecular flexibility index (Phi) is 5.34. The Morgan fingerprint density at radius 3 is 1.90 bits per heavy atom. The molecule has 0 aliphatic carbocycles. The average molecular weight is 380 g/mol. The summed E-state index contributed by atoms with van der Waals surface area (Å²) in [6, 6.07) is 35.0. The third-order valence-electron chi connectivity index (χ3n) is 4.84. The van der Waals surface area contributed by atoms with Gasteiger partial charge in [0, 0.05) is 29.5 Å². The summed E-state index contributed by atoms with van der Waals surface area (Å²) in [5.41, 5.74) is 4.67. The first-order valence-corrected chi connectivity index (χ1v) is 9.43. The fraction of sp³-hybridized carbons (Fsp3) is 0.0400. The molecule has 0 saturated carbocycles. The highest BCUT2D eigenvalue weighted by molar-refractivity contribution is 5.86. The van der Waals surface area contributed by atoms with Gasteiger partial charge in [-0.2, -0.15) is 0 Å². The maximum absolute atomic E-state index is 11.6. The van der Waals surface area contributed by atoms with Crippen LogP contribution in [-0.4, -0.2) is 4.92 Å². The molecule has 4 aromatic carbocycles. The largest absolute Gasteiger partial charge is 0.336 e. The smallest absolute Gasteiger partial charge is 0.277 e. The van der Waals surface area contributed by atoms with E-state index >= 15 is 0 Å².